The summed E-state index contributed by atoms with van der Waals surface area (Å²) in [5.41, 5.74) is 6.94. The zero-order valence-corrected chi connectivity index (χ0v) is 12.7. The van der Waals surface area contributed by atoms with E-state index in [-0.39, 0.29) is 11.7 Å². The Labute approximate surface area is 131 Å². The third-order valence-electron chi connectivity index (χ3n) is 2.37. The molecule has 0 atom stereocenters. The van der Waals surface area contributed by atoms with E-state index in [0.29, 0.717) is 21.4 Å². The Morgan fingerprint density at radius 2 is 1.85 bits per heavy atom. The minimum atomic E-state index is -0.129. The summed E-state index contributed by atoms with van der Waals surface area (Å²) in [4.78, 5) is 12.8. The van der Waals surface area contributed by atoms with Gasteiger partial charge in [-0.15, -0.1) is 11.8 Å². The molecule has 3 nitrogen and oxygen atoms in total. The number of carbonyl (C=O) groups excluding carboxylic acids is 1. The molecule has 0 fully saturated rings. The van der Waals surface area contributed by atoms with Crippen molar-refractivity contribution < 1.29 is 4.79 Å². The van der Waals surface area contributed by atoms with Gasteiger partial charge in [0.05, 0.1) is 5.75 Å². The quantitative estimate of drug-likeness (QED) is 0.650. The summed E-state index contributed by atoms with van der Waals surface area (Å²) in [5, 5.41) is 3.71. The van der Waals surface area contributed by atoms with Crippen LogP contribution in [0.4, 0.5) is 11.4 Å². The fourth-order valence-electron chi connectivity index (χ4n) is 1.58. The number of carbonyl (C=O) groups is 1. The number of thioether (sulfide) groups is 1. The largest absolute Gasteiger partial charge is 0.399 e. The highest BCUT2D eigenvalue weighted by molar-refractivity contribution is 8.00. The Balaban J connectivity index is 1.92. The SMILES string of the molecule is Nc1cccc(SCC(=O)Nc2cc(Cl)cc(Cl)c2)c1. The van der Waals surface area contributed by atoms with Gasteiger partial charge in [0.1, 0.15) is 0 Å². The molecule has 2 rings (SSSR count). The highest BCUT2D eigenvalue weighted by atomic mass is 35.5. The summed E-state index contributed by atoms with van der Waals surface area (Å²) in [7, 11) is 0. The Hall–Kier alpha value is -1.36. The summed E-state index contributed by atoms with van der Waals surface area (Å²) in [6.07, 6.45) is 0. The predicted molar refractivity (Wildman–Crippen MR) is 86.7 cm³/mol. The lowest BCUT2D eigenvalue weighted by atomic mass is 10.3. The van der Waals surface area contributed by atoms with E-state index in [1.165, 1.54) is 11.8 Å². The van der Waals surface area contributed by atoms with Crippen molar-refractivity contribution in [1.82, 2.24) is 0 Å². The highest BCUT2D eigenvalue weighted by Crippen LogP contribution is 2.24. The molecule has 0 spiro atoms. The summed E-state index contributed by atoms with van der Waals surface area (Å²) in [6.45, 7) is 0. The molecule has 0 heterocycles. The molecule has 104 valence electrons. The minimum absolute atomic E-state index is 0.129. The molecule has 0 unspecified atom stereocenters. The van der Waals surface area contributed by atoms with Gasteiger partial charge in [0.15, 0.2) is 0 Å². The molecule has 0 saturated carbocycles. The number of amides is 1. The van der Waals surface area contributed by atoms with Crippen LogP contribution in [0.25, 0.3) is 0 Å². The molecule has 0 aliphatic carbocycles. The van der Waals surface area contributed by atoms with Crippen LogP contribution in [0.1, 0.15) is 0 Å². The first kappa shape index (κ1) is 15.0. The number of anilines is 2. The Bertz CT molecular complexity index is 614. The standard InChI is InChI=1S/C14H12Cl2N2OS/c15-9-4-10(16)6-12(5-9)18-14(19)8-20-13-3-1-2-11(17)7-13/h1-7H,8,17H2,(H,18,19). The second kappa shape index (κ2) is 6.88. The first-order valence-electron chi connectivity index (χ1n) is 5.77. The van der Waals surface area contributed by atoms with Gasteiger partial charge in [-0.3, -0.25) is 4.79 Å². The van der Waals surface area contributed by atoms with Crippen LogP contribution in [0.15, 0.2) is 47.4 Å². The predicted octanol–water partition coefficient (Wildman–Crippen LogP) is 4.31. The van der Waals surface area contributed by atoms with Crippen molar-refractivity contribution in [3.63, 3.8) is 0 Å². The Morgan fingerprint density at radius 3 is 2.50 bits per heavy atom. The third kappa shape index (κ3) is 4.63. The molecule has 0 aliphatic heterocycles. The summed E-state index contributed by atoms with van der Waals surface area (Å²) < 4.78 is 0. The second-order valence-corrected chi connectivity index (χ2v) is 5.99. The van der Waals surface area contributed by atoms with Gasteiger partial charge in [-0.2, -0.15) is 0 Å². The number of halogens is 2. The maximum Gasteiger partial charge on any atom is 0.234 e. The molecule has 3 N–H and O–H groups in total. The van der Waals surface area contributed by atoms with E-state index in [2.05, 4.69) is 5.32 Å². The summed E-state index contributed by atoms with van der Waals surface area (Å²) >= 11 is 13.2. The Morgan fingerprint density at radius 1 is 1.15 bits per heavy atom. The monoisotopic (exact) mass is 326 g/mol. The maximum absolute atomic E-state index is 11.8. The van der Waals surface area contributed by atoms with Crippen LogP contribution in [0, 0.1) is 0 Å². The van der Waals surface area contributed by atoms with E-state index < -0.39 is 0 Å². The van der Waals surface area contributed by atoms with Crippen LogP contribution in [0.3, 0.4) is 0 Å². The highest BCUT2D eigenvalue weighted by Gasteiger charge is 2.05. The van der Waals surface area contributed by atoms with Crippen LogP contribution in [0.5, 0.6) is 0 Å². The number of hydrogen-bond acceptors (Lipinski definition) is 3. The molecular formula is C14H12Cl2N2OS. The van der Waals surface area contributed by atoms with E-state index in [4.69, 9.17) is 28.9 Å². The number of hydrogen-bond donors (Lipinski definition) is 2. The minimum Gasteiger partial charge on any atom is -0.399 e. The van der Waals surface area contributed by atoms with E-state index in [1.54, 1.807) is 24.3 Å². The van der Waals surface area contributed by atoms with Crippen LogP contribution >= 0.6 is 35.0 Å². The molecule has 0 saturated heterocycles. The van der Waals surface area contributed by atoms with Crippen LogP contribution in [-0.2, 0) is 4.79 Å². The van der Waals surface area contributed by atoms with E-state index >= 15 is 0 Å². The van der Waals surface area contributed by atoms with Crippen molar-refractivity contribution in [2.24, 2.45) is 0 Å². The van der Waals surface area contributed by atoms with Gasteiger partial charge in [0, 0.05) is 26.3 Å². The fourth-order valence-corrected chi connectivity index (χ4v) is 2.87. The van der Waals surface area contributed by atoms with Gasteiger partial charge in [-0.1, -0.05) is 29.3 Å². The zero-order chi connectivity index (χ0) is 14.5. The first-order valence-corrected chi connectivity index (χ1v) is 7.51. The number of nitrogens with one attached hydrogen (secondary N) is 1. The van der Waals surface area contributed by atoms with Crippen molar-refractivity contribution >= 4 is 52.2 Å². The number of nitrogens with two attached hydrogens (primary N) is 1. The van der Waals surface area contributed by atoms with Gasteiger partial charge in [-0.05, 0) is 36.4 Å². The smallest absolute Gasteiger partial charge is 0.234 e. The molecule has 0 radical (unpaired) electrons. The molecule has 1 amide bonds. The van der Waals surface area contributed by atoms with Crippen molar-refractivity contribution in [1.29, 1.82) is 0 Å². The van der Waals surface area contributed by atoms with Crippen LogP contribution in [-0.4, -0.2) is 11.7 Å². The van der Waals surface area contributed by atoms with Crippen molar-refractivity contribution in [2.45, 2.75) is 4.90 Å². The van der Waals surface area contributed by atoms with Gasteiger partial charge in [0.25, 0.3) is 0 Å². The van der Waals surface area contributed by atoms with E-state index in [0.717, 1.165) is 4.90 Å². The third-order valence-corrected chi connectivity index (χ3v) is 3.80. The van der Waals surface area contributed by atoms with Crippen molar-refractivity contribution in [3.05, 3.63) is 52.5 Å². The average molecular weight is 327 g/mol. The average Bonchev–Trinajstić information content (AvgIpc) is 2.35. The zero-order valence-electron chi connectivity index (χ0n) is 10.4. The van der Waals surface area contributed by atoms with Crippen LogP contribution < -0.4 is 11.1 Å². The van der Waals surface area contributed by atoms with Gasteiger partial charge >= 0.3 is 0 Å². The maximum atomic E-state index is 11.8. The molecule has 0 aromatic heterocycles. The van der Waals surface area contributed by atoms with Gasteiger partial charge in [0.2, 0.25) is 5.91 Å². The molecule has 0 bridgehead atoms. The Kier molecular flexibility index (Phi) is 5.17. The molecule has 6 heteroatoms. The van der Waals surface area contributed by atoms with E-state index in [1.807, 2.05) is 18.2 Å². The lowest BCUT2D eigenvalue weighted by Crippen LogP contribution is -2.13. The van der Waals surface area contributed by atoms with Gasteiger partial charge in [-0.25, -0.2) is 0 Å². The number of benzene rings is 2. The fraction of sp³-hybridized carbons (Fsp3) is 0.0714. The first-order chi connectivity index (χ1) is 9.52. The molecule has 20 heavy (non-hydrogen) atoms. The van der Waals surface area contributed by atoms with Crippen molar-refractivity contribution in [3.8, 4) is 0 Å². The number of nitrogen functional groups attached to an aromatic ring is 1. The molecule has 2 aromatic carbocycles. The van der Waals surface area contributed by atoms with Gasteiger partial charge < -0.3 is 11.1 Å². The van der Waals surface area contributed by atoms with E-state index in [9.17, 15) is 4.79 Å². The molecular weight excluding hydrogens is 315 g/mol. The lowest BCUT2D eigenvalue weighted by Gasteiger charge is -2.06. The molecule has 0 aliphatic rings. The number of rotatable bonds is 4. The van der Waals surface area contributed by atoms with Crippen molar-refractivity contribution in [2.75, 3.05) is 16.8 Å². The normalized spacial score (nSPS) is 10.3. The lowest BCUT2D eigenvalue weighted by molar-refractivity contribution is -0.113. The molecule has 2 aromatic rings. The van der Waals surface area contributed by atoms with Crippen LogP contribution in [0.2, 0.25) is 10.0 Å². The summed E-state index contributed by atoms with van der Waals surface area (Å²) in [5.74, 6) is 0.156. The second-order valence-electron chi connectivity index (χ2n) is 4.07. The summed E-state index contributed by atoms with van der Waals surface area (Å²) in [6, 6.07) is 12.3. The topological polar surface area (TPSA) is 55.1 Å².